The van der Waals surface area contributed by atoms with E-state index in [0.29, 0.717) is 30.7 Å². The van der Waals surface area contributed by atoms with Crippen LogP contribution in [0.3, 0.4) is 0 Å². The molecule has 3 heterocycles. The molecule has 3 unspecified atom stereocenters. The van der Waals surface area contributed by atoms with E-state index in [1.807, 2.05) is 41.8 Å². The van der Waals surface area contributed by atoms with Gasteiger partial charge in [-0.25, -0.2) is 0 Å². The molecule has 1 aromatic carbocycles. The molecule has 4 rings (SSSR count). The molecule has 0 saturated carbocycles. The van der Waals surface area contributed by atoms with Crippen molar-refractivity contribution in [1.29, 1.82) is 0 Å². The number of nitrogens with zero attached hydrogens (tertiary/aromatic N) is 2. The molecule has 0 radical (unpaired) electrons. The molecule has 6 heteroatoms. The van der Waals surface area contributed by atoms with Crippen molar-refractivity contribution >= 4 is 23.2 Å². The van der Waals surface area contributed by atoms with Crippen LogP contribution in [0.15, 0.2) is 41.8 Å². The Morgan fingerprint density at radius 1 is 1.13 bits per heavy atom. The van der Waals surface area contributed by atoms with Crippen molar-refractivity contribution in [2.45, 2.75) is 64.2 Å². The largest absolute Gasteiger partial charge is 0.354 e. The Morgan fingerprint density at radius 3 is 2.63 bits per heavy atom. The Morgan fingerprint density at radius 2 is 1.90 bits per heavy atom. The highest BCUT2D eigenvalue weighted by Gasteiger charge is 2.40. The van der Waals surface area contributed by atoms with Gasteiger partial charge in [0.2, 0.25) is 5.91 Å². The number of thiophene rings is 1. The number of rotatable bonds is 7. The number of carbonyl (C=O) groups excluding carboxylic acids is 2. The molecule has 30 heavy (non-hydrogen) atoms. The van der Waals surface area contributed by atoms with Crippen molar-refractivity contribution in [3.8, 4) is 0 Å². The lowest BCUT2D eigenvalue weighted by Crippen LogP contribution is -2.45. The summed E-state index contributed by atoms with van der Waals surface area (Å²) in [5.41, 5.74) is 1.46. The first-order valence-electron chi connectivity index (χ1n) is 11.0. The standard InChI is InChI=1S/C24H31N3O2S/c1-17-8-5-9-18(2)26(17)14-7-13-25-23(28)22-20-11-3-4-12-21(20)24(29)27(22)16-19-10-6-15-30-19/h3-4,6,10-12,15,17-18,22H,5,7-9,13-14,16H2,1-2H3,(H,25,28). The van der Waals surface area contributed by atoms with E-state index in [9.17, 15) is 9.59 Å². The number of piperidine rings is 1. The van der Waals surface area contributed by atoms with E-state index in [0.717, 1.165) is 23.4 Å². The summed E-state index contributed by atoms with van der Waals surface area (Å²) >= 11 is 1.61. The SMILES string of the molecule is CC1CCCC(C)N1CCCNC(=O)C1c2ccccc2C(=O)N1Cc1cccs1. The Kier molecular flexibility index (Phi) is 6.54. The Labute approximate surface area is 183 Å². The van der Waals surface area contributed by atoms with E-state index < -0.39 is 6.04 Å². The molecule has 2 aliphatic rings. The third kappa shape index (κ3) is 4.30. The molecule has 0 bridgehead atoms. The van der Waals surface area contributed by atoms with Gasteiger partial charge in [0.25, 0.3) is 5.91 Å². The van der Waals surface area contributed by atoms with Crippen LogP contribution in [0.2, 0.25) is 0 Å². The fraction of sp³-hybridized carbons (Fsp3) is 0.500. The summed E-state index contributed by atoms with van der Waals surface area (Å²) in [5, 5.41) is 5.11. The van der Waals surface area contributed by atoms with Crippen LogP contribution in [0, 0.1) is 0 Å². The summed E-state index contributed by atoms with van der Waals surface area (Å²) in [6.45, 7) is 6.71. The number of amides is 2. The maximum Gasteiger partial charge on any atom is 0.255 e. The number of fused-ring (bicyclic) bond motifs is 1. The van der Waals surface area contributed by atoms with Crippen molar-refractivity contribution in [1.82, 2.24) is 15.1 Å². The van der Waals surface area contributed by atoms with Crippen molar-refractivity contribution in [3.63, 3.8) is 0 Å². The van der Waals surface area contributed by atoms with E-state index in [4.69, 9.17) is 0 Å². The van der Waals surface area contributed by atoms with Crippen LogP contribution in [0.5, 0.6) is 0 Å². The van der Waals surface area contributed by atoms with Gasteiger partial charge in [0.15, 0.2) is 0 Å². The molecule has 160 valence electrons. The van der Waals surface area contributed by atoms with Gasteiger partial charge in [-0.2, -0.15) is 0 Å². The zero-order chi connectivity index (χ0) is 21.1. The average Bonchev–Trinajstić information content (AvgIpc) is 3.34. The number of nitrogens with one attached hydrogen (secondary N) is 1. The molecule has 2 aromatic rings. The third-order valence-corrected chi connectivity index (χ3v) is 7.34. The van der Waals surface area contributed by atoms with Gasteiger partial charge in [0.1, 0.15) is 6.04 Å². The van der Waals surface area contributed by atoms with Crippen LogP contribution in [0.1, 0.15) is 66.4 Å². The predicted molar refractivity (Wildman–Crippen MR) is 120 cm³/mol. The predicted octanol–water partition coefficient (Wildman–Crippen LogP) is 4.21. The number of likely N-dealkylation sites (tertiary alicyclic amines) is 1. The first-order chi connectivity index (χ1) is 14.6. The van der Waals surface area contributed by atoms with Crippen LogP contribution < -0.4 is 5.32 Å². The van der Waals surface area contributed by atoms with Crippen LogP contribution in [0.25, 0.3) is 0 Å². The summed E-state index contributed by atoms with van der Waals surface area (Å²) in [6.07, 6.45) is 4.75. The Balaban J connectivity index is 1.40. The normalized spacial score (nSPS) is 24.1. The summed E-state index contributed by atoms with van der Waals surface area (Å²) in [4.78, 5) is 31.5. The number of hydrogen-bond acceptors (Lipinski definition) is 4. The highest BCUT2D eigenvalue weighted by molar-refractivity contribution is 7.09. The van der Waals surface area contributed by atoms with Gasteiger partial charge in [0.05, 0.1) is 6.54 Å². The molecule has 1 N–H and O–H groups in total. The van der Waals surface area contributed by atoms with Gasteiger partial charge in [-0.1, -0.05) is 30.7 Å². The molecule has 1 fully saturated rings. The smallest absolute Gasteiger partial charge is 0.255 e. The number of hydrogen-bond donors (Lipinski definition) is 1. The van der Waals surface area contributed by atoms with Crippen LogP contribution in [-0.2, 0) is 11.3 Å². The number of benzene rings is 1. The number of carbonyl (C=O) groups is 2. The second-order valence-corrected chi connectivity index (χ2v) is 9.55. The quantitative estimate of drug-likeness (QED) is 0.676. The lowest BCUT2D eigenvalue weighted by Gasteiger charge is -2.39. The summed E-state index contributed by atoms with van der Waals surface area (Å²) in [6, 6.07) is 12.2. The van der Waals surface area contributed by atoms with Crippen molar-refractivity contribution < 1.29 is 9.59 Å². The van der Waals surface area contributed by atoms with Crippen molar-refractivity contribution in [2.75, 3.05) is 13.1 Å². The minimum absolute atomic E-state index is 0.0601. The summed E-state index contributed by atoms with van der Waals surface area (Å²) < 4.78 is 0. The van der Waals surface area contributed by atoms with Crippen molar-refractivity contribution in [3.05, 3.63) is 57.8 Å². The molecule has 1 saturated heterocycles. The highest BCUT2D eigenvalue weighted by Crippen LogP contribution is 2.35. The molecular weight excluding hydrogens is 394 g/mol. The molecule has 3 atom stereocenters. The first kappa shape index (κ1) is 21.1. The average molecular weight is 426 g/mol. The maximum absolute atomic E-state index is 13.2. The molecule has 0 spiro atoms. The molecular formula is C24H31N3O2S. The fourth-order valence-corrected chi connectivity index (χ4v) is 5.57. The second kappa shape index (κ2) is 9.31. The molecule has 2 amide bonds. The fourth-order valence-electron chi connectivity index (χ4n) is 4.87. The van der Waals surface area contributed by atoms with Gasteiger partial charge in [0, 0.05) is 35.6 Å². The summed E-state index contributed by atoms with van der Waals surface area (Å²) in [5.74, 6) is -0.139. The van der Waals surface area contributed by atoms with Gasteiger partial charge < -0.3 is 10.2 Å². The Hall–Kier alpha value is -2.18. The van der Waals surface area contributed by atoms with E-state index >= 15 is 0 Å². The third-order valence-electron chi connectivity index (χ3n) is 6.48. The van der Waals surface area contributed by atoms with Crippen LogP contribution >= 0.6 is 11.3 Å². The van der Waals surface area contributed by atoms with Crippen molar-refractivity contribution in [2.24, 2.45) is 0 Å². The van der Waals surface area contributed by atoms with E-state index in [2.05, 4.69) is 24.1 Å². The zero-order valence-electron chi connectivity index (χ0n) is 17.8. The molecule has 2 aliphatic heterocycles. The lowest BCUT2D eigenvalue weighted by atomic mass is 9.97. The lowest BCUT2D eigenvalue weighted by molar-refractivity contribution is -0.125. The first-order valence-corrected chi connectivity index (χ1v) is 11.9. The second-order valence-electron chi connectivity index (χ2n) is 8.51. The van der Waals surface area contributed by atoms with E-state index in [-0.39, 0.29) is 11.8 Å². The molecule has 0 aliphatic carbocycles. The van der Waals surface area contributed by atoms with E-state index in [1.54, 1.807) is 16.2 Å². The van der Waals surface area contributed by atoms with Gasteiger partial charge in [-0.3, -0.25) is 14.5 Å². The van der Waals surface area contributed by atoms with E-state index in [1.165, 1.54) is 19.3 Å². The monoisotopic (exact) mass is 425 g/mol. The van der Waals surface area contributed by atoms with Gasteiger partial charge in [-0.15, -0.1) is 11.3 Å². The van der Waals surface area contributed by atoms with Gasteiger partial charge >= 0.3 is 0 Å². The minimum Gasteiger partial charge on any atom is -0.354 e. The van der Waals surface area contributed by atoms with Crippen LogP contribution in [0.4, 0.5) is 0 Å². The van der Waals surface area contributed by atoms with Crippen LogP contribution in [-0.4, -0.2) is 46.8 Å². The molecule has 5 nitrogen and oxygen atoms in total. The molecule has 1 aromatic heterocycles. The Bertz CT molecular complexity index is 872. The minimum atomic E-state index is -0.552. The highest BCUT2D eigenvalue weighted by atomic mass is 32.1. The topological polar surface area (TPSA) is 52.7 Å². The van der Waals surface area contributed by atoms with Gasteiger partial charge in [-0.05, 0) is 56.2 Å². The zero-order valence-corrected chi connectivity index (χ0v) is 18.7. The maximum atomic E-state index is 13.2. The summed E-state index contributed by atoms with van der Waals surface area (Å²) in [7, 11) is 0.